The number of piperidine rings is 1. The first-order valence-corrected chi connectivity index (χ1v) is 7.48. The molecule has 0 aromatic heterocycles. The lowest BCUT2D eigenvalue weighted by molar-refractivity contribution is 0.218. The second-order valence-electron chi connectivity index (χ2n) is 6.15. The summed E-state index contributed by atoms with van der Waals surface area (Å²) in [6, 6.07) is 5.63. The van der Waals surface area contributed by atoms with Gasteiger partial charge in [-0.25, -0.2) is 4.39 Å². The van der Waals surface area contributed by atoms with Crippen molar-refractivity contribution < 1.29 is 4.39 Å². The lowest BCUT2D eigenvalue weighted by atomic mass is 9.72. The van der Waals surface area contributed by atoms with Crippen LogP contribution in [-0.4, -0.2) is 18.0 Å². The molecule has 1 aliphatic carbocycles. The molecule has 1 aromatic carbocycles. The highest BCUT2D eigenvalue weighted by atomic mass is 19.1. The van der Waals surface area contributed by atoms with Gasteiger partial charge in [0.1, 0.15) is 5.82 Å². The molecule has 2 N–H and O–H groups in total. The maximum Gasteiger partial charge on any atom is 0.128 e. The fourth-order valence-electron chi connectivity index (χ4n) is 3.19. The third kappa shape index (κ3) is 2.67. The first-order chi connectivity index (χ1) is 9.17. The first-order valence-electron chi connectivity index (χ1n) is 7.48. The molecule has 3 rings (SSSR count). The van der Waals surface area contributed by atoms with Crippen LogP contribution in [-0.2, 0) is 12.1 Å². The zero-order chi connectivity index (χ0) is 13.3. The van der Waals surface area contributed by atoms with E-state index in [2.05, 4.69) is 4.90 Å². The van der Waals surface area contributed by atoms with E-state index in [0.717, 1.165) is 50.0 Å². The Bertz CT molecular complexity index is 448. The fraction of sp³-hybridized carbons (Fsp3) is 0.625. The molecule has 3 heteroatoms. The number of nitrogens with two attached hydrogens (primary N) is 1. The minimum atomic E-state index is -0.259. The third-order valence-corrected chi connectivity index (χ3v) is 4.72. The molecule has 2 aliphatic rings. The van der Waals surface area contributed by atoms with Crippen molar-refractivity contribution in [3.05, 3.63) is 35.1 Å². The molecule has 1 saturated carbocycles. The van der Waals surface area contributed by atoms with Gasteiger partial charge in [0.05, 0.1) is 0 Å². The van der Waals surface area contributed by atoms with Crippen molar-refractivity contribution in [2.75, 3.05) is 13.1 Å². The van der Waals surface area contributed by atoms with Gasteiger partial charge in [-0.2, -0.15) is 0 Å². The molecule has 1 saturated heterocycles. The summed E-state index contributed by atoms with van der Waals surface area (Å²) in [7, 11) is 0. The van der Waals surface area contributed by atoms with Crippen LogP contribution in [0, 0.1) is 5.82 Å². The average molecular weight is 262 g/mol. The highest BCUT2D eigenvalue weighted by molar-refractivity contribution is 5.31. The summed E-state index contributed by atoms with van der Waals surface area (Å²) in [5.41, 5.74) is 7.78. The number of hydrogen-bond acceptors (Lipinski definition) is 2. The van der Waals surface area contributed by atoms with E-state index >= 15 is 0 Å². The molecule has 2 nitrogen and oxygen atoms in total. The van der Waals surface area contributed by atoms with E-state index in [0.29, 0.717) is 0 Å². The minimum absolute atomic E-state index is 0.0835. The lowest BCUT2D eigenvalue weighted by Crippen LogP contribution is -2.43. The molecule has 1 aliphatic heterocycles. The number of rotatable bonds is 3. The summed E-state index contributed by atoms with van der Waals surface area (Å²) in [6.07, 6.45) is 6.92. The van der Waals surface area contributed by atoms with Crippen LogP contribution in [0.2, 0.25) is 0 Å². The van der Waals surface area contributed by atoms with Gasteiger partial charge >= 0.3 is 0 Å². The van der Waals surface area contributed by atoms with E-state index < -0.39 is 0 Å². The molecular weight excluding hydrogens is 239 g/mol. The van der Waals surface area contributed by atoms with Gasteiger partial charge in [0.25, 0.3) is 0 Å². The van der Waals surface area contributed by atoms with Crippen molar-refractivity contribution in [1.29, 1.82) is 0 Å². The Morgan fingerprint density at radius 1 is 1.11 bits per heavy atom. The Balaban J connectivity index is 1.72. The van der Waals surface area contributed by atoms with Crippen LogP contribution in [0.15, 0.2) is 18.2 Å². The predicted octanol–water partition coefficient (Wildman–Crippen LogP) is 3.15. The van der Waals surface area contributed by atoms with Crippen LogP contribution < -0.4 is 5.73 Å². The number of benzene rings is 1. The number of halogens is 1. The summed E-state index contributed by atoms with van der Waals surface area (Å²) < 4.78 is 14.2. The van der Waals surface area contributed by atoms with E-state index in [1.807, 2.05) is 12.1 Å². The molecule has 0 amide bonds. The van der Waals surface area contributed by atoms with Gasteiger partial charge in [-0.3, -0.25) is 4.90 Å². The van der Waals surface area contributed by atoms with Gasteiger partial charge in [-0.15, -0.1) is 0 Å². The molecule has 0 atom stereocenters. The molecule has 1 heterocycles. The van der Waals surface area contributed by atoms with Crippen molar-refractivity contribution >= 4 is 0 Å². The largest absolute Gasteiger partial charge is 0.321 e. The number of hydrogen-bond donors (Lipinski definition) is 1. The Labute approximate surface area is 114 Å². The van der Waals surface area contributed by atoms with Crippen molar-refractivity contribution in [2.45, 2.75) is 50.6 Å². The molecule has 0 radical (unpaired) electrons. The minimum Gasteiger partial charge on any atom is -0.321 e. The highest BCUT2D eigenvalue weighted by Crippen LogP contribution is 2.39. The van der Waals surface area contributed by atoms with E-state index in [-0.39, 0.29) is 11.4 Å². The fourth-order valence-corrected chi connectivity index (χ4v) is 3.19. The van der Waals surface area contributed by atoms with Gasteiger partial charge in [0.15, 0.2) is 0 Å². The molecule has 1 aromatic rings. The molecule has 19 heavy (non-hydrogen) atoms. The number of nitrogens with zero attached hydrogens (tertiary/aromatic N) is 1. The Morgan fingerprint density at radius 3 is 2.42 bits per heavy atom. The maximum absolute atomic E-state index is 14.2. The molecule has 2 fully saturated rings. The SMILES string of the molecule is NC1(c2ccc(CN3CCCCC3)c(F)c2)CCC1. The first kappa shape index (κ1) is 13.1. The second kappa shape index (κ2) is 5.22. The Morgan fingerprint density at radius 2 is 1.84 bits per heavy atom. The molecule has 0 unspecified atom stereocenters. The Kier molecular flexibility index (Phi) is 3.59. The maximum atomic E-state index is 14.2. The van der Waals surface area contributed by atoms with Crippen molar-refractivity contribution in [1.82, 2.24) is 4.90 Å². The quantitative estimate of drug-likeness (QED) is 0.906. The van der Waals surface area contributed by atoms with E-state index in [4.69, 9.17) is 5.73 Å². The van der Waals surface area contributed by atoms with Crippen LogP contribution >= 0.6 is 0 Å². The zero-order valence-corrected chi connectivity index (χ0v) is 11.5. The second-order valence-corrected chi connectivity index (χ2v) is 6.15. The van der Waals surface area contributed by atoms with Crippen molar-refractivity contribution in [3.63, 3.8) is 0 Å². The summed E-state index contributed by atoms with van der Waals surface area (Å²) in [5, 5.41) is 0. The molecule has 0 bridgehead atoms. The van der Waals surface area contributed by atoms with Gasteiger partial charge in [-0.1, -0.05) is 18.6 Å². The van der Waals surface area contributed by atoms with E-state index in [9.17, 15) is 4.39 Å². The lowest BCUT2D eigenvalue weighted by Gasteiger charge is -2.38. The third-order valence-electron chi connectivity index (χ3n) is 4.72. The smallest absolute Gasteiger partial charge is 0.128 e. The average Bonchev–Trinajstić information content (AvgIpc) is 2.39. The van der Waals surface area contributed by atoms with Crippen LogP contribution in [0.4, 0.5) is 4.39 Å². The van der Waals surface area contributed by atoms with Gasteiger partial charge in [0, 0.05) is 17.6 Å². The Hall–Kier alpha value is -0.930. The van der Waals surface area contributed by atoms with Crippen LogP contribution in [0.3, 0.4) is 0 Å². The summed E-state index contributed by atoms with van der Waals surface area (Å²) in [4.78, 5) is 2.35. The van der Waals surface area contributed by atoms with E-state index in [1.54, 1.807) is 6.07 Å². The summed E-state index contributed by atoms with van der Waals surface area (Å²) in [6.45, 7) is 2.94. The monoisotopic (exact) mass is 262 g/mol. The van der Waals surface area contributed by atoms with Gasteiger partial charge in [0.2, 0.25) is 0 Å². The van der Waals surface area contributed by atoms with Gasteiger partial charge < -0.3 is 5.73 Å². The topological polar surface area (TPSA) is 29.3 Å². The van der Waals surface area contributed by atoms with Gasteiger partial charge in [-0.05, 0) is 56.8 Å². The normalized spacial score (nSPS) is 23.1. The van der Waals surface area contributed by atoms with Crippen LogP contribution in [0.25, 0.3) is 0 Å². The van der Waals surface area contributed by atoms with Crippen molar-refractivity contribution in [2.24, 2.45) is 5.73 Å². The van der Waals surface area contributed by atoms with Crippen LogP contribution in [0.1, 0.15) is 49.7 Å². The summed E-state index contributed by atoms with van der Waals surface area (Å²) in [5.74, 6) is -0.0835. The van der Waals surface area contributed by atoms with Crippen LogP contribution in [0.5, 0.6) is 0 Å². The summed E-state index contributed by atoms with van der Waals surface area (Å²) >= 11 is 0. The molecule has 104 valence electrons. The standard InChI is InChI=1S/C16H23FN2/c17-15-11-14(16(18)7-4-8-16)6-5-13(15)12-19-9-2-1-3-10-19/h5-6,11H,1-4,7-10,12,18H2. The van der Waals surface area contributed by atoms with E-state index in [1.165, 1.54) is 19.3 Å². The highest BCUT2D eigenvalue weighted by Gasteiger charge is 2.34. The van der Waals surface area contributed by atoms with Crippen molar-refractivity contribution in [3.8, 4) is 0 Å². The molecule has 0 spiro atoms. The number of likely N-dealkylation sites (tertiary alicyclic amines) is 1. The predicted molar refractivity (Wildman–Crippen MR) is 75.2 cm³/mol. The molecular formula is C16H23FN2. The zero-order valence-electron chi connectivity index (χ0n) is 11.5.